The van der Waals surface area contributed by atoms with Gasteiger partial charge in [0.1, 0.15) is 43.2 Å². The first-order valence-electron chi connectivity index (χ1n) is 24.9. The van der Waals surface area contributed by atoms with E-state index in [1.807, 2.05) is 30.4 Å². The summed E-state index contributed by atoms with van der Waals surface area (Å²) in [5.74, 6) is -1.34. The van der Waals surface area contributed by atoms with Gasteiger partial charge in [0, 0.05) is 12.8 Å². The van der Waals surface area contributed by atoms with Crippen LogP contribution < -0.4 is 0 Å². The third kappa shape index (κ3) is 34.3. The van der Waals surface area contributed by atoms with E-state index < -0.39 is 89.6 Å². The summed E-state index contributed by atoms with van der Waals surface area (Å²) in [5.41, 5.74) is 0. The molecule has 1 fully saturated rings. The van der Waals surface area contributed by atoms with Gasteiger partial charge in [0.2, 0.25) is 0 Å². The maximum atomic E-state index is 13.0. The normalized spacial score (nSPS) is 22.3. The highest BCUT2D eigenvalue weighted by atomic mass is 31.2. The van der Waals surface area contributed by atoms with Crippen molar-refractivity contribution in [2.75, 3.05) is 13.2 Å². The lowest BCUT2D eigenvalue weighted by molar-refractivity contribution is -0.216. The van der Waals surface area contributed by atoms with Crippen molar-refractivity contribution in [2.24, 2.45) is 0 Å². The summed E-state index contributed by atoms with van der Waals surface area (Å²) < 4.78 is 49.3. The molecule has 0 saturated heterocycles. The summed E-state index contributed by atoms with van der Waals surface area (Å²) in [6.07, 6.45) is 33.8. The van der Waals surface area contributed by atoms with E-state index in [4.69, 9.17) is 18.5 Å². The number of aliphatic hydroxyl groups is 5. The molecule has 0 bridgehead atoms. The monoisotopic (exact) mass is 1030 g/mol. The first kappa shape index (κ1) is 64.9. The molecule has 1 aliphatic rings. The standard InChI is InChI=1S/C51H84O17P2/c1-3-5-7-9-11-12-13-14-15-16-17-18-19-20-21-22-27-31-35-39-45(54)66-43(41-65-70(62,63)68-51-48(57)46(55)47(56)50(49(51)58)67-69(59,60)61)40-64-44(53)38-34-30-26-24-23-25-29-33-37-42(52)36-32-28-10-8-6-4-2/h5,7,11-12,14-15,17-18,24-26,28-29,32-33,37,42-43,46-52,55-58H,3-4,6,8-10,13,16,19-23,27,30-31,34-36,38-41H2,1-2H3,(H,62,63)(H2,59,60,61)/b7-5-,12-11-,15-14-,18-17-,26-24-,29-25-,32-28-,37-33+/t42-,43-,46?,47?,48?,49?,50-,51+/m1/s1. The van der Waals surface area contributed by atoms with Gasteiger partial charge in [-0.1, -0.05) is 150 Å². The Kier molecular flexibility index (Phi) is 37.4. The SMILES string of the molecule is CC/C=C\C/C=C\C/C=C\C/C=C\CCCCCCCCC(=O)O[C@H](COC(=O)CCC/C=C\C/C=C\C=C\[C@H](O)C/C=C\CCCCC)COP(=O)(O)O[C@H]1C(O)C(O)C(O)[C@@H](OP(=O)(O)O)C1O. The van der Waals surface area contributed by atoms with E-state index in [-0.39, 0.29) is 12.8 Å². The van der Waals surface area contributed by atoms with Crippen LogP contribution in [0.4, 0.5) is 0 Å². The maximum Gasteiger partial charge on any atom is 0.472 e. The van der Waals surface area contributed by atoms with Gasteiger partial charge in [-0.15, -0.1) is 0 Å². The van der Waals surface area contributed by atoms with Crippen LogP contribution >= 0.6 is 15.6 Å². The Labute approximate surface area is 416 Å². The van der Waals surface area contributed by atoms with Crippen LogP contribution in [0.15, 0.2) is 97.2 Å². The number of phosphoric acid groups is 2. The van der Waals surface area contributed by atoms with Crippen LogP contribution in [0.2, 0.25) is 0 Å². The zero-order chi connectivity index (χ0) is 51.9. The van der Waals surface area contributed by atoms with E-state index in [1.54, 1.807) is 12.2 Å². The summed E-state index contributed by atoms with van der Waals surface area (Å²) >= 11 is 0. The van der Waals surface area contributed by atoms with Crippen molar-refractivity contribution in [2.45, 2.75) is 198 Å². The minimum absolute atomic E-state index is 0.00205. The summed E-state index contributed by atoms with van der Waals surface area (Å²) in [4.78, 5) is 54.4. The zero-order valence-corrected chi connectivity index (χ0v) is 43.1. The number of ether oxygens (including phenoxy) is 2. The van der Waals surface area contributed by atoms with Crippen LogP contribution in [0.3, 0.4) is 0 Å². The van der Waals surface area contributed by atoms with Crippen molar-refractivity contribution < 1.29 is 82.0 Å². The van der Waals surface area contributed by atoms with E-state index in [9.17, 15) is 58.9 Å². The van der Waals surface area contributed by atoms with Crippen molar-refractivity contribution in [3.8, 4) is 0 Å². The predicted molar refractivity (Wildman–Crippen MR) is 270 cm³/mol. The molecule has 1 aliphatic carbocycles. The van der Waals surface area contributed by atoms with Crippen molar-refractivity contribution in [1.29, 1.82) is 0 Å². The predicted octanol–water partition coefficient (Wildman–Crippen LogP) is 8.92. The quantitative estimate of drug-likeness (QED) is 0.00935. The molecule has 0 aromatic rings. The number of esters is 2. The van der Waals surface area contributed by atoms with Gasteiger partial charge in [0.25, 0.3) is 0 Å². The molecule has 1 rings (SSSR count). The molecule has 17 nitrogen and oxygen atoms in total. The van der Waals surface area contributed by atoms with Gasteiger partial charge in [-0.25, -0.2) is 9.13 Å². The fourth-order valence-corrected chi connectivity index (χ4v) is 8.40. The summed E-state index contributed by atoms with van der Waals surface area (Å²) in [7, 11) is -10.7. The third-order valence-corrected chi connectivity index (χ3v) is 12.2. The lowest BCUT2D eigenvalue weighted by atomic mass is 9.85. The first-order chi connectivity index (χ1) is 33.5. The third-order valence-electron chi connectivity index (χ3n) is 10.7. The van der Waals surface area contributed by atoms with Crippen molar-refractivity contribution in [1.82, 2.24) is 0 Å². The van der Waals surface area contributed by atoms with E-state index in [0.29, 0.717) is 32.1 Å². The second-order valence-electron chi connectivity index (χ2n) is 17.0. The number of phosphoric ester groups is 2. The molecule has 0 aromatic carbocycles. The molecule has 9 atom stereocenters. The van der Waals surface area contributed by atoms with Gasteiger partial charge in [-0.05, 0) is 83.5 Å². The second kappa shape index (κ2) is 40.4. The van der Waals surface area contributed by atoms with Gasteiger partial charge in [-0.2, -0.15) is 0 Å². The molecule has 400 valence electrons. The molecule has 1 saturated carbocycles. The highest BCUT2D eigenvalue weighted by Crippen LogP contribution is 2.49. The second-order valence-corrected chi connectivity index (χ2v) is 19.6. The van der Waals surface area contributed by atoms with Gasteiger partial charge < -0.3 is 49.7 Å². The number of aliphatic hydroxyl groups excluding tert-OH is 5. The van der Waals surface area contributed by atoms with E-state index in [1.165, 1.54) is 12.8 Å². The molecule has 0 spiro atoms. The van der Waals surface area contributed by atoms with Crippen LogP contribution in [0.25, 0.3) is 0 Å². The molecule has 0 aromatic heterocycles. The van der Waals surface area contributed by atoms with Crippen LogP contribution in [-0.4, -0.2) is 114 Å². The number of rotatable bonds is 40. The zero-order valence-electron chi connectivity index (χ0n) is 41.3. The summed E-state index contributed by atoms with van der Waals surface area (Å²) in [5, 5.41) is 51.4. The van der Waals surface area contributed by atoms with Gasteiger partial charge in [0.15, 0.2) is 6.10 Å². The van der Waals surface area contributed by atoms with Gasteiger partial charge >= 0.3 is 27.6 Å². The van der Waals surface area contributed by atoms with E-state index >= 15 is 0 Å². The minimum Gasteiger partial charge on any atom is -0.462 e. The maximum absolute atomic E-state index is 13.0. The van der Waals surface area contributed by atoms with Gasteiger partial charge in [-0.3, -0.25) is 23.2 Å². The number of hydrogen-bond donors (Lipinski definition) is 8. The smallest absolute Gasteiger partial charge is 0.462 e. The van der Waals surface area contributed by atoms with E-state index in [2.05, 4.69) is 73.1 Å². The number of allylic oxidation sites excluding steroid dienone is 14. The minimum atomic E-state index is -5.39. The molecular weight excluding hydrogens is 946 g/mol. The van der Waals surface area contributed by atoms with Crippen molar-refractivity contribution in [3.05, 3.63) is 97.2 Å². The first-order valence-corrected chi connectivity index (χ1v) is 27.9. The Balaban J connectivity index is 2.64. The summed E-state index contributed by atoms with van der Waals surface area (Å²) in [6.45, 7) is 2.83. The molecule has 5 unspecified atom stereocenters. The number of hydrogen-bond acceptors (Lipinski definition) is 14. The largest absolute Gasteiger partial charge is 0.472 e. The van der Waals surface area contributed by atoms with E-state index in [0.717, 1.165) is 77.0 Å². The molecular formula is C51H84O17P2. The van der Waals surface area contributed by atoms with Crippen LogP contribution in [-0.2, 0) is 41.8 Å². The van der Waals surface area contributed by atoms with Crippen LogP contribution in [0.1, 0.15) is 149 Å². The Morgan fingerprint density at radius 2 is 1.06 bits per heavy atom. The summed E-state index contributed by atoms with van der Waals surface area (Å²) in [6, 6.07) is 0. The molecule has 0 radical (unpaired) electrons. The number of unbranched alkanes of at least 4 members (excludes halogenated alkanes) is 10. The Morgan fingerprint density at radius 3 is 1.67 bits per heavy atom. The average Bonchev–Trinajstić information content (AvgIpc) is 3.31. The Bertz CT molecular complexity index is 1730. The topological polar surface area (TPSA) is 276 Å². The van der Waals surface area contributed by atoms with Crippen LogP contribution in [0, 0.1) is 0 Å². The highest BCUT2D eigenvalue weighted by molar-refractivity contribution is 7.47. The van der Waals surface area contributed by atoms with Crippen LogP contribution in [0.5, 0.6) is 0 Å². The molecule has 0 aliphatic heterocycles. The Morgan fingerprint density at radius 1 is 0.543 bits per heavy atom. The average molecular weight is 1030 g/mol. The lowest BCUT2D eigenvalue weighted by Crippen LogP contribution is -2.64. The number of carbonyl (C=O) groups excluding carboxylic acids is 2. The fourth-order valence-electron chi connectivity index (χ4n) is 6.86. The lowest BCUT2D eigenvalue weighted by Gasteiger charge is -2.43. The molecule has 70 heavy (non-hydrogen) atoms. The Hall–Kier alpha value is -3.12. The van der Waals surface area contributed by atoms with Crippen molar-refractivity contribution in [3.63, 3.8) is 0 Å². The molecule has 8 N–H and O–H groups in total. The molecule has 0 amide bonds. The van der Waals surface area contributed by atoms with Gasteiger partial charge in [0.05, 0.1) is 12.7 Å². The van der Waals surface area contributed by atoms with Crippen molar-refractivity contribution >= 4 is 27.6 Å². The number of carbonyl (C=O) groups is 2. The highest BCUT2D eigenvalue weighted by Gasteiger charge is 2.54. The molecule has 19 heteroatoms. The molecule has 0 heterocycles. The fraction of sp³-hybridized carbons (Fsp3) is 0.647.